The number of rotatable bonds is 2. The van der Waals surface area contributed by atoms with E-state index in [0.29, 0.717) is 0 Å². The molecule has 0 amide bonds. The monoisotopic (exact) mass is 470 g/mol. The van der Waals surface area contributed by atoms with Crippen LogP contribution in [-0.4, -0.2) is 13.3 Å². The van der Waals surface area contributed by atoms with E-state index in [4.69, 9.17) is 0 Å². The van der Waals surface area contributed by atoms with E-state index in [9.17, 15) is 0 Å². The van der Waals surface area contributed by atoms with Crippen LogP contribution in [0.3, 0.4) is 0 Å². The van der Waals surface area contributed by atoms with Gasteiger partial charge in [-0.15, -0.1) is 0 Å². The molecule has 0 radical (unpaired) electrons. The molecule has 0 atom stereocenters. The normalized spacial score (nSPS) is 13.4. The van der Waals surface area contributed by atoms with Crippen LogP contribution in [-0.2, 0) is 0 Å². The first-order chi connectivity index (χ1) is 15.8. The van der Waals surface area contributed by atoms with Gasteiger partial charge in [-0.2, -0.15) is 0 Å². The van der Waals surface area contributed by atoms with Crippen molar-refractivity contribution in [3.8, 4) is 22.3 Å². The van der Waals surface area contributed by atoms with Crippen molar-refractivity contribution >= 4 is 30.8 Å². The van der Waals surface area contributed by atoms with Crippen molar-refractivity contribution in [3.05, 3.63) is 133 Å². The third-order valence-corrected chi connectivity index (χ3v) is 17.1. The Balaban J connectivity index is 1.89. The fourth-order valence-corrected chi connectivity index (χ4v) is 16.4. The molecule has 5 aromatic rings. The van der Waals surface area contributed by atoms with Gasteiger partial charge in [0.2, 0.25) is 0 Å². The fraction of sp³-hybridized carbons (Fsp3) is 0.0323. The molecule has 0 nitrogen and oxygen atoms in total. The SMILES string of the molecule is Cc1cc[c]2c(c1)-c1ccccc1-c1cccc[c]1[Ge]2([c]1ccccc1)[c]1ccccc1. The maximum atomic E-state index is 2.43. The van der Waals surface area contributed by atoms with Gasteiger partial charge in [-0.1, -0.05) is 0 Å². The predicted molar refractivity (Wildman–Crippen MR) is 139 cm³/mol. The summed E-state index contributed by atoms with van der Waals surface area (Å²) in [6.45, 7) is 2.21. The van der Waals surface area contributed by atoms with Crippen LogP contribution in [0.2, 0.25) is 0 Å². The average molecular weight is 469 g/mol. The van der Waals surface area contributed by atoms with E-state index in [2.05, 4.69) is 134 Å². The molecule has 0 saturated carbocycles. The van der Waals surface area contributed by atoms with E-state index in [-0.39, 0.29) is 0 Å². The maximum absolute atomic E-state index is 3.29. The van der Waals surface area contributed by atoms with Crippen molar-refractivity contribution in [1.82, 2.24) is 0 Å². The summed E-state index contributed by atoms with van der Waals surface area (Å²) in [5.74, 6) is 0. The zero-order valence-electron chi connectivity index (χ0n) is 18.1. The first-order valence-corrected chi connectivity index (χ1v) is 15.4. The Morgan fingerprint density at radius 3 is 1.50 bits per heavy atom. The second-order valence-electron chi connectivity index (χ2n) is 8.62. The summed E-state index contributed by atoms with van der Waals surface area (Å²) in [6.07, 6.45) is 0. The van der Waals surface area contributed by atoms with Crippen molar-refractivity contribution in [2.24, 2.45) is 0 Å². The van der Waals surface area contributed by atoms with Crippen molar-refractivity contribution in [3.63, 3.8) is 0 Å². The molecule has 0 aliphatic carbocycles. The molecule has 0 unspecified atom stereocenters. The van der Waals surface area contributed by atoms with Gasteiger partial charge in [-0.05, 0) is 0 Å². The molecule has 0 N–H and O–H groups in total. The molecule has 1 aliphatic heterocycles. The quantitative estimate of drug-likeness (QED) is 0.313. The van der Waals surface area contributed by atoms with Gasteiger partial charge in [-0.25, -0.2) is 0 Å². The molecular weight excluding hydrogens is 445 g/mol. The molecule has 1 aliphatic rings. The van der Waals surface area contributed by atoms with Crippen LogP contribution in [0, 0.1) is 6.92 Å². The van der Waals surface area contributed by atoms with Gasteiger partial charge in [0.05, 0.1) is 0 Å². The van der Waals surface area contributed by atoms with Crippen LogP contribution in [0.5, 0.6) is 0 Å². The van der Waals surface area contributed by atoms with Crippen LogP contribution in [0.25, 0.3) is 22.3 Å². The number of aryl methyl sites for hydroxylation is 1. The molecule has 1 heteroatoms. The van der Waals surface area contributed by atoms with E-state index in [1.165, 1.54) is 45.4 Å². The van der Waals surface area contributed by atoms with E-state index in [0.717, 1.165) is 0 Å². The van der Waals surface area contributed by atoms with Crippen molar-refractivity contribution in [2.75, 3.05) is 0 Å². The van der Waals surface area contributed by atoms with Gasteiger partial charge in [-0.3, -0.25) is 0 Å². The van der Waals surface area contributed by atoms with Gasteiger partial charge < -0.3 is 0 Å². The molecule has 0 aromatic heterocycles. The van der Waals surface area contributed by atoms with Crippen molar-refractivity contribution in [1.29, 1.82) is 0 Å². The fourth-order valence-electron chi connectivity index (χ4n) is 5.52. The molecule has 152 valence electrons. The second kappa shape index (κ2) is 7.65. The van der Waals surface area contributed by atoms with Crippen molar-refractivity contribution in [2.45, 2.75) is 6.92 Å². The van der Waals surface area contributed by atoms with Gasteiger partial charge in [0.25, 0.3) is 0 Å². The Morgan fingerprint density at radius 2 is 0.875 bits per heavy atom. The summed E-state index contributed by atoms with van der Waals surface area (Å²) in [6, 6.07) is 47.8. The molecule has 0 fully saturated rings. The predicted octanol–water partition coefficient (Wildman–Crippen LogP) is 5.02. The summed E-state index contributed by atoms with van der Waals surface area (Å²) in [4.78, 5) is 0. The van der Waals surface area contributed by atoms with Crippen LogP contribution >= 0.6 is 0 Å². The third-order valence-electron chi connectivity index (χ3n) is 6.83. The number of benzene rings is 5. The minimum atomic E-state index is -3.29. The number of hydrogen-bond acceptors (Lipinski definition) is 0. The van der Waals surface area contributed by atoms with Crippen LogP contribution in [0.15, 0.2) is 127 Å². The van der Waals surface area contributed by atoms with Crippen molar-refractivity contribution < 1.29 is 0 Å². The molecular formula is C31H24Ge. The zero-order chi connectivity index (χ0) is 21.5. The molecule has 6 rings (SSSR count). The topological polar surface area (TPSA) is 0 Å². The van der Waals surface area contributed by atoms with Crippen LogP contribution in [0.4, 0.5) is 0 Å². The molecule has 0 bridgehead atoms. The summed E-state index contributed by atoms with van der Waals surface area (Å²) < 4.78 is 5.98. The Morgan fingerprint density at radius 1 is 0.406 bits per heavy atom. The van der Waals surface area contributed by atoms with Crippen LogP contribution < -0.4 is 17.6 Å². The Kier molecular flexibility index (Phi) is 4.62. The Labute approximate surface area is 192 Å². The van der Waals surface area contributed by atoms with E-state index in [1.54, 1.807) is 0 Å². The van der Waals surface area contributed by atoms with E-state index in [1.807, 2.05) is 0 Å². The summed E-state index contributed by atoms with van der Waals surface area (Å²) in [5, 5.41) is 0. The van der Waals surface area contributed by atoms with E-state index < -0.39 is 13.3 Å². The number of fused-ring (bicyclic) bond motifs is 5. The molecule has 5 aromatic carbocycles. The van der Waals surface area contributed by atoms with Gasteiger partial charge in [0.15, 0.2) is 0 Å². The standard InChI is InChI=1S/C31H24Ge/c1-23-20-21-31-29(22-23)27-17-9-8-16-26(27)28-18-10-11-19-30(28)32(31,24-12-4-2-5-13-24)25-14-6-3-7-15-25/h2-22H,1H3. The second-order valence-corrected chi connectivity index (χ2v) is 16.5. The van der Waals surface area contributed by atoms with Gasteiger partial charge >= 0.3 is 193 Å². The number of hydrogen-bond donors (Lipinski definition) is 0. The first-order valence-electron chi connectivity index (χ1n) is 11.2. The summed E-state index contributed by atoms with van der Waals surface area (Å²) in [5.41, 5.74) is 6.77. The Hall–Kier alpha value is -3.36. The molecule has 0 spiro atoms. The summed E-state index contributed by atoms with van der Waals surface area (Å²) >= 11 is -3.29. The van der Waals surface area contributed by atoms with Crippen LogP contribution in [0.1, 0.15) is 5.56 Å². The molecule has 1 heterocycles. The van der Waals surface area contributed by atoms with Gasteiger partial charge in [0, 0.05) is 0 Å². The molecule has 0 saturated heterocycles. The van der Waals surface area contributed by atoms with E-state index >= 15 is 0 Å². The Bertz CT molecular complexity index is 1380. The zero-order valence-corrected chi connectivity index (χ0v) is 20.2. The first kappa shape index (κ1) is 19.3. The van der Waals surface area contributed by atoms with Gasteiger partial charge in [0.1, 0.15) is 0 Å². The average Bonchev–Trinajstić information content (AvgIpc) is 2.97. The third kappa shape index (κ3) is 2.76. The molecule has 32 heavy (non-hydrogen) atoms. The minimum absolute atomic E-state index is 1.31. The summed E-state index contributed by atoms with van der Waals surface area (Å²) in [7, 11) is 0.